The maximum Gasteiger partial charge on any atom is 0.00127 e. The van der Waals surface area contributed by atoms with Crippen molar-refractivity contribution >= 4 is 0 Å². The third-order valence-corrected chi connectivity index (χ3v) is 9.58. The zero-order valence-electron chi connectivity index (χ0n) is 22.5. The minimum absolute atomic E-state index is 0.953. The van der Waals surface area contributed by atoms with Gasteiger partial charge in [0.2, 0.25) is 0 Å². The smallest absolute Gasteiger partial charge is 0.00127 e. The molecule has 0 amide bonds. The fourth-order valence-corrected chi connectivity index (χ4v) is 7.69. The number of allylic oxidation sites excluding steroid dienone is 4. The van der Waals surface area contributed by atoms with Crippen molar-refractivity contribution < 1.29 is 0 Å². The standard InChI is InChI=1S/C32H56N2/c1-2-5-10-14-18-23-34-26-29-19-15-11-7-4-6-9-13-17-22-33-24-21-32(31(25-29)28-34)30(27-33)20-16-12-8-3-1/h1,3-4,6,29-32H,2,5,7-28H2/b3-1-,6-4-/t29?,30-,31+,32-/m0/s1. The summed E-state index contributed by atoms with van der Waals surface area (Å²) in [4.78, 5) is 5.80. The summed E-state index contributed by atoms with van der Waals surface area (Å²) in [7, 11) is 0. The molecule has 34 heavy (non-hydrogen) atoms. The zero-order valence-corrected chi connectivity index (χ0v) is 22.5. The first-order chi connectivity index (χ1) is 16.9. The Morgan fingerprint density at radius 2 is 1.03 bits per heavy atom. The molecule has 3 unspecified atom stereocenters. The van der Waals surface area contributed by atoms with Gasteiger partial charge < -0.3 is 9.80 Å². The van der Waals surface area contributed by atoms with Gasteiger partial charge in [0.05, 0.1) is 0 Å². The highest BCUT2D eigenvalue weighted by Crippen LogP contribution is 2.40. The maximum absolute atomic E-state index is 2.94. The Balaban J connectivity index is 1.47. The molecule has 5 rings (SSSR count). The molecule has 0 radical (unpaired) electrons. The molecule has 2 heteroatoms. The Labute approximate surface area is 212 Å². The average Bonchev–Trinajstić information content (AvgIpc) is 2.85. The van der Waals surface area contributed by atoms with Gasteiger partial charge in [-0.1, -0.05) is 50.0 Å². The molecule has 6 atom stereocenters. The Hall–Kier alpha value is -0.600. The fraction of sp³-hybridized carbons (Fsp3) is 0.875. The van der Waals surface area contributed by atoms with Gasteiger partial charge in [-0.2, -0.15) is 0 Å². The van der Waals surface area contributed by atoms with E-state index < -0.39 is 0 Å². The lowest BCUT2D eigenvalue weighted by atomic mass is 9.69. The van der Waals surface area contributed by atoms with E-state index >= 15 is 0 Å². The third-order valence-electron chi connectivity index (χ3n) is 9.58. The average molecular weight is 469 g/mol. The molecular formula is C32H56N2. The lowest BCUT2D eigenvalue weighted by Crippen LogP contribution is -2.49. The van der Waals surface area contributed by atoms with E-state index in [4.69, 9.17) is 0 Å². The molecule has 0 spiro atoms. The van der Waals surface area contributed by atoms with Gasteiger partial charge in [-0.15, -0.1) is 0 Å². The molecule has 5 aliphatic heterocycles. The quantitative estimate of drug-likeness (QED) is 0.330. The number of piperidine rings is 2. The van der Waals surface area contributed by atoms with E-state index in [0.29, 0.717) is 0 Å². The first-order valence-electron chi connectivity index (χ1n) is 15.6. The van der Waals surface area contributed by atoms with Crippen molar-refractivity contribution in [3.05, 3.63) is 24.3 Å². The van der Waals surface area contributed by atoms with E-state index in [1.165, 1.54) is 155 Å². The molecule has 2 nitrogen and oxygen atoms in total. The summed E-state index contributed by atoms with van der Waals surface area (Å²) in [5.74, 6) is 3.88. The Morgan fingerprint density at radius 3 is 1.82 bits per heavy atom. The number of rotatable bonds is 0. The van der Waals surface area contributed by atoms with Gasteiger partial charge in [0.25, 0.3) is 0 Å². The summed E-state index contributed by atoms with van der Waals surface area (Å²) in [6, 6.07) is 0. The van der Waals surface area contributed by atoms with Gasteiger partial charge in [0.1, 0.15) is 0 Å². The van der Waals surface area contributed by atoms with E-state index in [-0.39, 0.29) is 0 Å². The summed E-state index contributed by atoms with van der Waals surface area (Å²) < 4.78 is 0. The van der Waals surface area contributed by atoms with Crippen LogP contribution in [0.2, 0.25) is 0 Å². The first kappa shape index (κ1) is 26.5. The van der Waals surface area contributed by atoms with Crippen LogP contribution in [0.15, 0.2) is 24.3 Å². The highest BCUT2D eigenvalue weighted by atomic mass is 15.1. The normalized spacial score (nSPS) is 39.8. The van der Waals surface area contributed by atoms with Crippen LogP contribution in [0.3, 0.4) is 0 Å². The fourth-order valence-electron chi connectivity index (χ4n) is 7.69. The molecule has 0 aliphatic carbocycles. The van der Waals surface area contributed by atoms with Gasteiger partial charge in [-0.25, -0.2) is 0 Å². The van der Waals surface area contributed by atoms with Crippen LogP contribution < -0.4 is 0 Å². The first-order valence-corrected chi connectivity index (χ1v) is 15.6. The number of hydrogen-bond acceptors (Lipinski definition) is 2. The second-order valence-electron chi connectivity index (χ2n) is 12.3. The van der Waals surface area contributed by atoms with Crippen LogP contribution in [0, 0.1) is 23.7 Å². The van der Waals surface area contributed by atoms with Crippen LogP contribution in [-0.4, -0.2) is 49.1 Å². The van der Waals surface area contributed by atoms with E-state index in [1.807, 2.05) is 0 Å². The predicted molar refractivity (Wildman–Crippen MR) is 148 cm³/mol. The SMILES string of the molecule is C1=C\CCCC[C@H]2CN3CCCC/C=C\CCCCC4C[C@H](CN(CCCCCC/1)C4)[C@H]2CC3. The molecule has 194 valence electrons. The van der Waals surface area contributed by atoms with Crippen LogP contribution in [0.5, 0.6) is 0 Å². The molecule has 6 bridgehead atoms. The summed E-state index contributed by atoms with van der Waals surface area (Å²) >= 11 is 0. The minimum atomic E-state index is 0.953. The van der Waals surface area contributed by atoms with Crippen LogP contribution in [-0.2, 0) is 0 Å². The zero-order chi connectivity index (χ0) is 23.3. The Bertz CT molecular complexity index is 596. The van der Waals surface area contributed by atoms with Crippen molar-refractivity contribution in [1.82, 2.24) is 9.80 Å². The summed E-state index contributed by atoms with van der Waals surface area (Å²) in [6.07, 6.45) is 35.3. The Kier molecular flexibility index (Phi) is 12.1. The van der Waals surface area contributed by atoms with Crippen molar-refractivity contribution in [2.24, 2.45) is 23.7 Å². The van der Waals surface area contributed by atoms with E-state index in [9.17, 15) is 0 Å². The van der Waals surface area contributed by atoms with Crippen molar-refractivity contribution in [2.45, 2.75) is 116 Å². The van der Waals surface area contributed by atoms with Gasteiger partial charge in [-0.05, 0) is 133 Å². The predicted octanol–water partition coefficient (Wildman–Crippen LogP) is 8.24. The maximum atomic E-state index is 2.94. The van der Waals surface area contributed by atoms with E-state index in [2.05, 4.69) is 34.1 Å². The van der Waals surface area contributed by atoms with Crippen LogP contribution >= 0.6 is 0 Å². The molecular weight excluding hydrogens is 412 g/mol. The minimum Gasteiger partial charge on any atom is -0.303 e. The molecule has 5 aliphatic rings. The van der Waals surface area contributed by atoms with E-state index in [0.717, 1.165) is 23.7 Å². The number of nitrogens with zero attached hydrogens (tertiary/aromatic N) is 2. The number of hydrogen-bond donors (Lipinski definition) is 0. The summed E-state index contributed by atoms with van der Waals surface area (Å²) in [5, 5.41) is 0. The molecule has 2 saturated heterocycles. The Morgan fingerprint density at radius 1 is 0.441 bits per heavy atom. The second-order valence-corrected chi connectivity index (χ2v) is 12.3. The van der Waals surface area contributed by atoms with Crippen LogP contribution in [0.25, 0.3) is 0 Å². The number of fused-ring (bicyclic) bond motifs is 10. The van der Waals surface area contributed by atoms with Crippen LogP contribution in [0.1, 0.15) is 116 Å². The molecule has 0 saturated carbocycles. The van der Waals surface area contributed by atoms with Crippen LogP contribution in [0.4, 0.5) is 0 Å². The molecule has 0 N–H and O–H groups in total. The highest BCUT2D eigenvalue weighted by molar-refractivity contribution is 4.91. The van der Waals surface area contributed by atoms with Crippen molar-refractivity contribution in [2.75, 3.05) is 39.3 Å². The van der Waals surface area contributed by atoms with Gasteiger partial charge in [-0.3, -0.25) is 0 Å². The largest absolute Gasteiger partial charge is 0.303 e. The second kappa shape index (κ2) is 15.5. The molecule has 0 aromatic carbocycles. The lowest BCUT2D eigenvalue weighted by Gasteiger charge is -2.47. The summed E-state index contributed by atoms with van der Waals surface area (Å²) in [5.41, 5.74) is 0. The topological polar surface area (TPSA) is 6.48 Å². The van der Waals surface area contributed by atoms with E-state index in [1.54, 1.807) is 0 Å². The molecule has 2 fully saturated rings. The third kappa shape index (κ3) is 9.12. The molecule has 0 aromatic rings. The molecule has 0 aromatic heterocycles. The summed E-state index contributed by atoms with van der Waals surface area (Å²) in [6.45, 7) is 8.31. The van der Waals surface area contributed by atoms with Crippen molar-refractivity contribution in [3.8, 4) is 0 Å². The van der Waals surface area contributed by atoms with Gasteiger partial charge in [0, 0.05) is 19.6 Å². The van der Waals surface area contributed by atoms with Gasteiger partial charge in [0.15, 0.2) is 0 Å². The molecule has 5 heterocycles. The monoisotopic (exact) mass is 468 g/mol. The van der Waals surface area contributed by atoms with Gasteiger partial charge >= 0.3 is 0 Å². The van der Waals surface area contributed by atoms with Crippen molar-refractivity contribution in [3.63, 3.8) is 0 Å². The van der Waals surface area contributed by atoms with Crippen molar-refractivity contribution in [1.29, 1.82) is 0 Å². The highest BCUT2D eigenvalue weighted by Gasteiger charge is 2.38. The lowest BCUT2D eigenvalue weighted by molar-refractivity contribution is 0.0186.